The van der Waals surface area contributed by atoms with Crippen LogP contribution in [0.5, 0.6) is 0 Å². The van der Waals surface area contributed by atoms with Gasteiger partial charge in [0.05, 0.1) is 12.2 Å². The third-order valence-corrected chi connectivity index (χ3v) is 4.00. The first kappa shape index (κ1) is 22.1. The number of unbranched alkanes of at least 4 members (excludes halogenated alkanes) is 10. The maximum atomic E-state index is 11.7. The summed E-state index contributed by atoms with van der Waals surface area (Å²) in [6.45, 7) is 5.92. The van der Waals surface area contributed by atoms with E-state index in [0.29, 0.717) is 12.2 Å². The number of allylic oxidation sites excluding steroid dienone is 1. The summed E-state index contributed by atoms with van der Waals surface area (Å²) < 4.78 is 5.09. The summed E-state index contributed by atoms with van der Waals surface area (Å²) in [5.41, 5.74) is 0.525. The van der Waals surface area contributed by atoms with E-state index in [9.17, 15) is 4.79 Å². The van der Waals surface area contributed by atoms with Crippen molar-refractivity contribution in [3.63, 3.8) is 0 Å². The van der Waals surface area contributed by atoms with Crippen LogP contribution in [0.3, 0.4) is 0 Å². The Morgan fingerprint density at radius 1 is 0.826 bits per heavy atom. The highest BCUT2D eigenvalue weighted by Crippen LogP contribution is 2.12. The Morgan fingerprint density at radius 3 is 1.65 bits per heavy atom. The number of aliphatic hydroxyl groups excluding tert-OH is 1. The molecular formula is C19H36O4. The van der Waals surface area contributed by atoms with Crippen LogP contribution in [-0.2, 0) is 9.53 Å². The van der Waals surface area contributed by atoms with Crippen molar-refractivity contribution in [2.75, 3.05) is 6.61 Å². The number of hydrogen-bond donors (Lipinski definition) is 2. The maximum Gasteiger partial charge on any atom is 0.339 e. The van der Waals surface area contributed by atoms with Crippen LogP contribution in [0, 0.1) is 0 Å². The van der Waals surface area contributed by atoms with Crippen molar-refractivity contribution in [3.05, 3.63) is 11.1 Å². The lowest BCUT2D eigenvalue weighted by Gasteiger charge is -2.11. The molecule has 0 saturated heterocycles. The standard InChI is InChI=1S/C19H36O4/c1-4-5-6-7-8-9-10-11-12-13-14-15-23-19(22)17(16(2)3)18(20)21/h18,20-21H,4-15H2,1-3H3. The summed E-state index contributed by atoms with van der Waals surface area (Å²) in [4.78, 5) is 11.7. The van der Waals surface area contributed by atoms with E-state index in [1.807, 2.05) is 0 Å². The van der Waals surface area contributed by atoms with E-state index in [0.717, 1.165) is 12.8 Å². The number of esters is 1. The number of aliphatic hydroxyl groups is 2. The predicted octanol–water partition coefficient (Wildman–Crippen LogP) is 4.49. The van der Waals surface area contributed by atoms with Crippen LogP contribution in [0.4, 0.5) is 0 Å². The molecule has 0 fully saturated rings. The fraction of sp³-hybridized carbons (Fsp3) is 0.842. The molecule has 0 atom stereocenters. The fourth-order valence-electron chi connectivity index (χ4n) is 2.58. The fourth-order valence-corrected chi connectivity index (χ4v) is 2.58. The van der Waals surface area contributed by atoms with Crippen molar-refractivity contribution in [2.45, 2.75) is 97.7 Å². The van der Waals surface area contributed by atoms with E-state index >= 15 is 0 Å². The molecule has 4 nitrogen and oxygen atoms in total. The van der Waals surface area contributed by atoms with E-state index in [4.69, 9.17) is 14.9 Å². The Balaban J connectivity index is 3.49. The van der Waals surface area contributed by atoms with Gasteiger partial charge in [-0.15, -0.1) is 0 Å². The van der Waals surface area contributed by atoms with Gasteiger partial charge in [-0.1, -0.05) is 76.7 Å². The molecule has 0 aliphatic carbocycles. The topological polar surface area (TPSA) is 66.8 Å². The third-order valence-electron chi connectivity index (χ3n) is 4.00. The van der Waals surface area contributed by atoms with Crippen LogP contribution in [0.25, 0.3) is 0 Å². The molecule has 0 rings (SSSR count). The summed E-state index contributed by atoms with van der Waals surface area (Å²) >= 11 is 0. The average Bonchev–Trinajstić information content (AvgIpc) is 2.47. The molecule has 0 aromatic heterocycles. The third kappa shape index (κ3) is 12.2. The molecule has 4 heteroatoms. The average molecular weight is 328 g/mol. The van der Waals surface area contributed by atoms with Gasteiger partial charge in [0.1, 0.15) is 0 Å². The van der Waals surface area contributed by atoms with Gasteiger partial charge in [0.15, 0.2) is 6.29 Å². The van der Waals surface area contributed by atoms with Gasteiger partial charge in [-0.05, 0) is 20.3 Å². The molecule has 0 aromatic carbocycles. The van der Waals surface area contributed by atoms with Crippen molar-refractivity contribution in [1.29, 1.82) is 0 Å². The highest BCUT2D eigenvalue weighted by molar-refractivity contribution is 5.89. The molecule has 23 heavy (non-hydrogen) atoms. The van der Waals surface area contributed by atoms with Crippen molar-refractivity contribution >= 4 is 5.97 Å². The molecule has 2 N–H and O–H groups in total. The van der Waals surface area contributed by atoms with Gasteiger partial charge in [-0.2, -0.15) is 0 Å². The molecule has 0 unspecified atom stereocenters. The second kappa shape index (κ2) is 14.7. The van der Waals surface area contributed by atoms with Crippen LogP contribution in [0.1, 0.15) is 91.4 Å². The van der Waals surface area contributed by atoms with Crippen molar-refractivity contribution in [1.82, 2.24) is 0 Å². The lowest BCUT2D eigenvalue weighted by atomic mass is 10.1. The summed E-state index contributed by atoms with van der Waals surface area (Å²) in [7, 11) is 0. The zero-order valence-electron chi connectivity index (χ0n) is 15.3. The number of carbonyl (C=O) groups excluding carboxylic acids is 1. The summed E-state index contributed by atoms with van der Waals surface area (Å²) in [5, 5.41) is 18.3. The van der Waals surface area contributed by atoms with E-state index in [2.05, 4.69) is 6.92 Å². The van der Waals surface area contributed by atoms with E-state index in [-0.39, 0.29) is 5.57 Å². The molecule has 0 spiro atoms. The van der Waals surface area contributed by atoms with E-state index < -0.39 is 12.3 Å². The van der Waals surface area contributed by atoms with Crippen LogP contribution in [-0.4, -0.2) is 29.1 Å². The number of ether oxygens (including phenoxy) is 1. The molecule has 0 aromatic rings. The molecule has 0 bridgehead atoms. The minimum atomic E-state index is -1.76. The lowest BCUT2D eigenvalue weighted by Crippen LogP contribution is -2.21. The Labute approximate surface area is 141 Å². The maximum absolute atomic E-state index is 11.7. The van der Waals surface area contributed by atoms with Gasteiger partial charge in [0, 0.05) is 0 Å². The second-order valence-electron chi connectivity index (χ2n) is 6.46. The van der Waals surface area contributed by atoms with Crippen LogP contribution in [0.15, 0.2) is 11.1 Å². The van der Waals surface area contributed by atoms with Gasteiger partial charge >= 0.3 is 5.97 Å². The SMILES string of the molecule is CCCCCCCCCCCCCOC(=O)C(=C(C)C)C(O)O. The first-order valence-corrected chi connectivity index (χ1v) is 9.21. The van der Waals surface area contributed by atoms with E-state index in [1.165, 1.54) is 57.8 Å². The monoisotopic (exact) mass is 328 g/mol. The minimum Gasteiger partial charge on any atom is -0.462 e. The first-order chi connectivity index (χ1) is 11.0. The highest BCUT2D eigenvalue weighted by atomic mass is 16.5. The number of carbonyl (C=O) groups is 1. The van der Waals surface area contributed by atoms with Crippen molar-refractivity contribution < 1.29 is 19.7 Å². The summed E-state index contributed by atoms with van der Waals surface area (Å²) in [6.07, 6.45) is 11.9. The first-order valence-electron chi connectivity index (χ1n) is 9.21. The van der Waals surface area contributed by atoms with Gasteiger partial charge in [0.25, 0.3) is 0 Å². The van der Waals surface area contributed by atoms with Gasteiger partial charge in [0.2, 0.25) is 0 Å². The Morgan fingerprint density at radius 2 is 1.26 bits per heavy atom. The second-order valence-corrected chi connectivity index (χ2v) is 6.46. The van der Waals surface area contributed by atoms with Crippen molar-refractivity contribution in [3.8, 4) is 0 Å². The summed E-state index contributed by atoms with van der Waals surface area (Å²) in [6, 6.07) is 0. The molecule has 0 saturated carbocycles. The Bertz CT molecular complexity index is 330. The normalized spacial score (nSPS) is 10.9. The summed E-state index contributed by atoms with van der Waals surface area (Å²) in [5.74, 6) is -0.618. The molecule has 0 amide bonds. The molecule has 0 aliphatic heterocycles. The molecular weight excluding hydrogens is 292 g/mol. The van der Waals surface area contributed by atoms with Crippen LogP contribution < -0.4 is 0 Å². The highest BCUT2D eigenvalue weighted by Gasteiger charge is 2.19. The lowest BCUT2D eigenvalue weighted by molar-refractivity contribution is -0.143. The zero-order valence-corrected chi connectivity index (χ0v) is 15.3. The number of rotatable bonds is 14. The molecule has 0 aliphatic rings. The Hall–Kier alpha value is -0.870. The predicted molar refractivity (Wildman–Crippen MR) is 94.0 cm³/mol. The minimum absolute atomic E-state index is 0.0481. The van der Waals surface area contributed by atoms with Gasteiger partial charge in [-0.25, -0.2) is 4.79 Å². The largest absolute Gasteiger partial charge is 0.462 e. The van der Waals surface area contributed by atoms with Crippen LogP contribution >= 0.6 is 0 Å². The van der Waals surface area contributed by atoms with Gasteiger partial charge in [-0.3, -0.25) is 0 Å². The molecule has 0 heterocycles. The van der Waals surface area contributed by atoms with Gasteiger partial charge < -0.3 is 14.9 Å². The quantitative estimate of drug-likeness (QED) is 0.213. The zero-order chi connectivity index (χ0) is 17.5. The Kier molecular flexibility index (Phi) is 14.1. The molecule has 136 valence electrons. The molecule has 0 radical (unpaired) electrons. The van der Waals surface area contributed by atoms with Crippen molar-refractivity contribution in [2.24, 2.45) is 0 Å². The van der Waals surface area contributed by atoms with E-state index in [1.54, 1.807) is 13.8 Å². The number of hydrogen-bond acceptors (Lipinski definition) is 4. The smallest absolute Gasteiger partial charge is 0.339 e. The van der Waals surface area contributed by atoms with Crippen LogP contribution in [0.2, 0.25) is 0 Å².